The van der Waals surface area contributed by atoms with Gasteiger partial charge in [-0.1, -0.05) is 23.7 Å². The minimum absolute atomic E-state index is 0.533. The van der Waals surface area contributed by atoms with E-state index in [2.05, 4.69) is 15.6 Å². The minimum Gasteiger partial charge on any atom is -0.384 e. The van der Waals surface area contributed by atoms with Crippen molar-refractivity contribution in [3.63, 3.8) is 0 Å². The van der Waals surface area contributed by atoms with Crippen LogP contribution in [0.1, 0.15) is 0 Å². The van der Waals surface area contributed by atoms with Crippen LogP contribution in [-0.2, 0) is 7.05 Å². The third-order valence-electron chi connectivity index (χ3n) is 3.07. The molecule has 0 atom stereocenters. The molecule has 0 spiro atoms. The van der Waals surface area contributed by atoms with Gasteiger partial charge >= 0.3 is 0 Å². The van der Waals surface area contributed by atoms with Crippen molar-refractivity contribution >= 4 is 28.3 Å². The van der Waals surface area contributed by atoms with Crippen LogP contribution in [0.3, 0.4) is 0 Å². The monoisotopic (exact) mass is 257 g/mol. The van der Waals surface area contributed by atoms with Gasteiger partial charge in [-0.3, -0.25) is 0 Å². The Bertz CT molecular complexity index is 731. The normalized spacial score (nSPS) is 11.0. The first-order valence-electron chi connectivity index (χ1n) is 5.62. The van der Waals surface area contributed by atoms with E-state index in [9.17, 15) is 0 Å². The number of aryl methyl sites for hydroxylation is 1. The van der Waals surface area contributed by atoms with Crippen molar-refractivity contribution in [1.29, 1.82) is 0 Å². The van der Waals surface area contributed by atoms with Crippen LogP contribution >= 0.6 is 11.6 Å². The first-order valence-corrected chi connectivity index (χ1v) is 6.00. The van der Waals surface area contributed by atoms with Gasteiger partial charge in [-0.2, -0.15) is 0 Å². The largest absolute Gasteiger partial charge is 0.384 e. The standard InChI is InChI=1S/C14H12ClN3/c1-18-12(9-3-2-4-11(15)5-9)6-10-7-14(16)17-8-13(10)18/h2-8H,1H3,(H2,16,17). The SMILES string of the molecule is Cn1c(-c2cccc(Cl)c2)cc2cc(N)ncc21. The molecule has 0 aliphatic carbocycles. The fourth-order valence-corrected chi connectivity index (χ4v) is 2.37. The molecule has 0 bridgehead atoms. The van der Waals surface area contributed by atoms with Crippen LogP contribution < -0.4 is 5.73 Å². The van der Waals surface area contributed by atoms with E-state index in [4.69, 9.17) is 17.3 Å². The predicted molar refractivity (Wildman–Crippen MR) is 75.6 cm³/mol. The Morgan fingerprint density at radius 2 is 2.06 bits per heavy atom. The maximum absolute atomic E-state index is 6.03. The van der Waals surface area contributed by atoms with Gasteiger partial charge in [0.15, 0.2) is 0 Å². The molecule has 2 N–H and O–H groups in total. The predicted octanol–water partition coefficient (Wildman–Crippen LogP) is 3.48. The van der Waals surface area contributed by atoms with Crippen LogP contribution in [0.25, 0.3) is 22.2 Å². The second-order valence-corrected chi connectivity index (χ2v) is 4.70. The Balaban J connectivity index is 2.27. The summed E-state index contributed by atoms with van der Waals surface area (Å²) in [6, 6.07) is 11.8. The highest BCUT2D eigenvalue weighted by atomic mass is 35.5. The summed E-state index contributed by atoms with van der Waals surface area (Å²) >= 11 is 6.03. The quantitative estimate of drug-likeness (QED) is 0.725. The number of benzene rings is 1. The zero-order valence-corrected chi connectivity index (χ0v) is 10.6. The lowest BCUT2D eigenvalue weighted by Gasteiger charge is -2.04. The Labute approximate surface area is 110 Å². The molecule has 2 heterocycles. The van der Waals surface area contributed by atoms with E-state index in [0.29, 0.717) is 5.82 Å². The fourth-order valence-electron chi connectivity index (χ4n) is 2.18. The first-order chi connectivity index (χ1) is 8.65. The molecule has 0 amide bonds. The van der Waals surface area contributed by atoms with Crippen molar-refractivity contribution in [2.75, 3.05) is 5.73 Å². The molecular weight excluding hydrogens is 246 g/mol. The van der Waals surface area contributed by atoms with Gasteiger partial charge in [0.25, 0.3) is 0 Å². The molecule has 0 aliphatic rings. The summed E-state index contributed by atoms with van der Waals surface area (Å²) in [4.78, 5) is 4.12. The molecule has 3 aromatic rings. The molecule has 0 radical (unpaired) electrons. The fraction of sp³-hybridized carbons (Fsp3) is 0.0714. The third-order valence-corrected chi connectivity index (χ3v) is 3.31. The number of rotatable bonds is 1. The molecule has 3 rings (SSSR count). The topological polar surface area (TPSA) is 43.8 Å². The van der Waals surface area contributed by atoms with Gasteiger partial charge in [-0.25, -0.2) is 4.98 Å². The van der Waals surface area contributed by atoms with Gasteiger partial charge in [-0.15, -0.1) is 0 Å². The zero-order chi connectivity index (χ0) is 12.7. The summed E-state index contributed by atoms with van der Waals surface area (Å²) in [7, 11) is 2.01. The maximum Gasteiger partial charge on any atom is 0.124 e. The highest BCUT2D eigenvalue weighted by Crippen LogP contribution is 2.28. The Morgan fingerprint density at radius 1 is 1.22 bits per heavy atom. The van der Waals surface area contributed by atoms with Crippen LogP contribution in [0.2, 0.25) is 5.02 Å². The molecule has 3 nitrogen and oxygen atoms in total. The summed E-state index contributed by atoms with van der Waals surface area (Å²) < 4.78 is 2.09. The van der Waals surface area contributed by atoms with Crippen molar-refractivity contribution in [2.45, 2.75) is 0 Å². The average Bonchev–Trinajstić information content (AvgIpc) is 2.66. The summed E-state index contributed by atoms with van der Waals surface area (Å²) in [5.74, 6) is 0.533. The maximum atomic E-state index is 6.03. The number of pyridine rings is 1. The lowest BCUT2D eigenvalue weighted by atomic mass is 10.1. The molecule has 2 aromatic heterocycles. The number of nitrogens with zero attached hydrogens (tertiary/aromatic N) is 2. The van der Waals surface area contributed by atoms with Gasteiger partial charge in [0, 0.05) is 23.2 Å². The smallest absolute Gasteiger partial charge is 0.124 e. The molecule has 0 saturated heterocycles. The van der Waals surface area contributed by atoms with Crippen molar-refractivity contribution < 1.29 is 0 Å². The van der Waals surface area contributed by atoms with E-state index in [0.717, 1.165) is 27.2 Å². The summed E-state index contributed by atoms with van der Waals surface area (Å²) in [5, 5.41) is 1.82. The number of fused-ring (bicyclic) bond motifs is 1. The van der Waals surface area contributed by atoms with E-state index >= 15 is 0 Å². The van der Waals surface area contributed by atoms with E-state index in [1.165, 1.54) is 0 Å². The highest BCUT2D eigenvalue weighted by Gasteiger charge is 2.08. The number of aromatic nitrogens is 2. The minimum atomic E-state index is 0.533. The Hall–Kier alpha value is -2.00. The van der Waals surface area contributed by atoms with Gasteiger partial charge in [0.2, 0.25) is 0 Å². The van der Waals surface area contributed by atoms with Crippen LogP contribution in [0.5, 0.6) is 0 Å². The molecule has 18 heavy (non-hydrogen) atoms. The lowest BCUT2D eigenvalue weighted by Crippen LogP contribution is -1.93. The second kappa shape index (κ2) is 4.03. The molecule has 0 unspecified atom stereocenters. The van der Waals surface area contributed by atoms with E-state index in [1.54, 1.807) is 6.20 Å². The summed E-state index contributed by atoms with van der Waals surface area (Å²) in [6.45, 7) is 0. The number of anilines is 1. The molecular formula is C14H12ClN3. The average molecular weight is 258 g/mol. The van der Waals surface area contributed by atoms with Gasteiger partial charge < -0.3 is 10.3 Å². The van der Waals surface area contributed by atoms with E-state index < -0.39 is 0 Å². The number of hydrogen-bond acceptors (Lipinski definition) is 2. The number of hydrogen-bond donors (Lipinski definition) is 1. The number of nitrogen functional groups attached to an aromatic ring is 1. The van der Waals surface area contributed by atoms with Crippen molar-refractivity contribution in [3.8, 4) is 11.3 Å². The van der Waals surface area contributed by atoms with Crippen molar-refractivity contribution in [3.05, 3.63) is 47.6 Å². The lowest BCUT2D eigenvalue weighted by molar-refractivity contribution is 0.974. The van der Waals surface area contributed by atoms with Crippen molar-refractivity contribution in [1.82, 2.24) is 9.55 Å². The number of halogens is 1. The van der Waals surface area contributed by atoms with Gasteiger partial charge in [0.05, 0.1) is 11.7 Å². The Morgan fingerprint density at radius 3 is 2.83 bits per heavy atom. The first kappa shape index (κ1) is 11.1. The third kappa shape index (κ3) is 1.73. The van der Waals surface area contributed by atoms with Crippen LogP contribution in [0.4, 0.5) is 5.82 Å². The van der Waals surface area contributed by atoms with Gasteiger partial charge in [0.1, 0.15) is 5.82 Å². The molecule has 0 aliphatic heterocycles. The Kier molecular flexibility index (Phi) is 2.49. The zero-order valence-electron chi connectivity index (χ0n) is 9.89. The molecule has 4 heteroatoms. The second-order valence-electron chi connectivity index (χ2n) is 4.27. The van der Waals surface area contributed by atoms with Crippen LogP contribution in [0.15, 0.2) is 42.6 Å². The van der Waals surface area contributed by atoms with Crippen molar-refractivity contribution in [2.24, 2.45) is 7.05 Å². The van der Waals surface area contributed by atoms with E-state index in [-0.39, 0.29) is 0 Å². The molecule has 0 saturated carbocycles. The molecule has 1 aromatic carbocycles. The summed E-state index contributed by atoms with van der Waals surface area (Å²) in [6.07, 6.45) is 1.79. The molecule has 0 fully saturated rings. The van der Waals surface area contributed by atoms with E-state index in [1.807, 2.05) is 37.4 Å². The number of nitrogens with two attached hydrogens (primary N) is 1. The van der Waals surface area contributed by atoms with Crippen LogP contribution in [-0.4, -0.2) is 9.55 Å². The highest BCUT2D eigenvalue weighted by molar-refractivity contribution is 6.30. The van der Waals surface area contributed by atoms with Gasteiger partial charge in [-0.05, 0) is 29.8 Å². The van der Waals surface area contributed by atoms with Crippen LogP contribution in [0, 0.1) is 0 Å². The summed E-state index contributed by atoms with van der Waals surface area (Å²) in [5.41, 5.74) is 8.94. The molecule has 90 valence electrons.